The SMILES string of the molecule is CCC(C)C(O[C]=O)C(=O)OCCC(C)C. The standard InChI is InChI=1S/C12H21O4/c1-5-10(4)11(16-8-13)12(14)15-7-6-9(2)3/h9-11H,5-7H2,1-4H3. The molecule has 0 aliphatic heterocycles. The van der Waals surface area contributed by atoms with Crippen molar-refractivity contribution in [1.82, 2.24) is 0 Å². The monoisotopic (exact) mass is 229 g/mol. The molecule has 0 N–H and O–H groups in total. The average Bonchev–Trinajstić information content (AvgIpc) is 2.24. The van der Waals surface area contributed by atoms with Crippen molar-refractivity contribution in [3.05, 3.63) is 0 Å². The van der Waals surface area contributed by atoms with Crippen LogP contribution in [-0.4, -0.2) is 25.2 Å². The van der Waals surface area contributed by atoms with Crippen LogP contribution >= 0.6 is 0 Å². The number of rotatable bonds is 8. The second-order valence-electron chi connectivity index (χ2n) is 4.36. The second kappa shape index (κ2) is 8.13. The van der Waals surface area contributed by atoms with Gasteiger partial charge >= 0.3 is 12.4 Å². The van der Waals surface area contributed by atoms with Gasteiger partial charge in [-0.15, -0.1) is 0 Å². The minimum atomic E-state index is -0.824. The first-order chi connectivity index (χ1) is 7.52. The van der Waals surface area contributed by atoms with E-state index in [1.54, 1.807) is 0 Å². The molecule has 0 aromatic rings. The van der Waals surface area contributed by atoms with Crippen molar-refractivity contribution in [3.8, 4) is 0 Å². The molecule has 0 saturated carbocycles. The lowest BCUT2D eigenvalue weighted by Gasteiger charge is -2.19. The van der Waals surface area contributed by atoms with Crippen LogP contribution in [-0.2, 0) is 19.1 Å². The maximum atomic E-state index is 11.6. The highest BCUT2D eigenvalue weighted by Crippen LogP contribution is 2.13. The Labute approximate surface area is 97.3 Å². The molecule has 0 aromatic carbocycles. The summed E-state index contributed by atoms with van der Waals surface area (Å²) < 4.78 is 9.68. The fourth-order valence-electron chi connectivity index (χ4n) is 1.14. The summed E-state index contributed by atoms with van der Waals surface area (Å²) in [4.78, 5) is 21.8. The van der Waals surface area contributed by atoms with E-state index in [4.69, 9.17) is 4.74 Å². The summed E-state index contributed by atoms with van der Waals surface area (Å²) in [6.07, 6.45) is 0.727. The smallest absolute Gasteiger partial charge is 0.418 e. The zero-order valence-electron chi connectivity index (χ0n) is 10.5. The molecule has 2 atom stereocenters. The minimum absolute atomic E-state index is 0.0481. The van der Waals surface area contributed by atoms with Crippen LogP contribution in [0.5, 0.6) is 0 Å². The van der Waals surface area contributed by atoms with E-state index >= 15 is 0 Å². The van der Waals surface area contributed by atoms with Gasteiger partial charge in [-0.2, -0.15) is 0 Å². The van der Waals surface area contributed by atoms with E-state index < -0.39 is 12.1 Å². The Bertz CT molecular complexity index is 213. The maximum Gasteiger partial charge on any atom is 0.418 e. The van der Waals surface area contributed by atoms with Crippen LogP contribution in [0.1, 0.15) is 40.5 Å². The first-order valence-electron chi connectivity index (χ1n) is 5.72. The molecule has 0 aliphatic rings. The second-order valence-corrected chi connectivity index (χ2v) is 4.36. The highest BCUT2D eigenvalue weighted by molar-refractivity contribution is 5.76. The molecule has 4 nitrogen and oxygen atoms in total. The predicted octanol–water partition coefficient (Wildman–Crippen LogP) is 2.07. The van der Waals surface area contributed by atoms with Gasteiger partial charge in [0.15, 0.2) is 0 Å². The fourth-order valence-corrected chi connectivity index (χ4v) is 1.14. The largest absolute Gasteiger partial charge is 0.463 e. The van der Waals surface area contributed by atoms with Crippen molar-refractivity contribution in [3.63, 3.8) is 0 Å². The Balaban J connectivity index is 4.11. The molecule has 0 fully saturated rings. The van der Waals surface area contributed by atoms with E-state index in [1.165, 1.54) is 6.47 Å². The zero-order chi connectivity index (χ0) is 12.6. The quantitative estimate of drug-likeness (QED) is 0.598. The summed E-state index contributed by atoms with van der Waals surface area (Å²) in [5.41, 5.74) is 0. The lowest BCUT2D eigenvalue weighted by molar-refractivity contribution is -0.155. The first kappa shape index (κ1) is 14.9. The lowest BCUT2D eigenvalue weighted by atomic mass is 10.0. The molecular formula is C12H21O4. The van der Waals surface area contributed by atoms with Gasteiger partial charge in [-0.25, -0.2) is 9.59 Å². The third kappa shape index (κ3) is 5.73. The number of hydrogen-bond acceptors (Lipinski definition) is 4. The Kier molecular flexibility index (Phi) is 7.60. The highest BCUT2D eigenvalue weighted by atomic mass is 16.6. The van der Waals surface area contributed by atoms with Crippen LogP contribution in [0.3, 0.4) is 0 Å². The lowest BCUT2D eigenvalue weighted by Crippen LogP contribution is -2.32. The van der Waals surface area contributed by atoms with Gasteiger partial charge in [0.25, 0.3) is 0 Å². The van der Waals surface area contributed by atoms with E-state index in [2.05, 4.69) is 18.6 Å². The molecule has 0 heterocycles. The van der Waals surface area contributed by atoms with Gasteiger partial charge in [0.2, 0.25) is 6.10 Å². The topological polar surface area (TPSA) is 52.6 Å². The number of ether oxygens (including phenoxy) is 2. The molecule has 0 spiro atoms. The Morgan fingerprint density at radius 3 is 2.38 bits per heavy atom. The van der Waals surface area contributed by atoms with Gasteiger partial charge in [-0.3, -0.25) is 0 Å². The van der Waals surface area contributed by atoms with Crippen LogP contribution in [0.25, 0.3) is 0 Å². The van der Waals surface area contributed by atoms with Crippen molar-refractivity contribution in [2.45, 2.75) is 46.6 Å². The van der Waals surface area contributed by atoms with Gasteiger partial charge in [-0.05, 0) is 18.8 Å². The van der Waals surface area contributed by atoms with Crippen LogP contribution in [0.15, 0.2) is 0 Å². The van der Waals surface area contributed by atoms with E-state index in [1.807, 2.05) is 13.8 Å². The van der Waals surface area contributed by atoms with Gasteiger partial charge in [0.05, 0.1) is 6.61 Å². The van der Waals surface area contributed by atoms with Crippen LogP contribution in [0.2, 0.25) is 0 Å². The van der Waals surface area contributed by atoms with E-state index in [-0.39, 0.29) is 5.92 Å². The molecule has 4 heteroatoms. The molecule has 16 heavy (non-hydrogen) atoms. The third-order valence-electron chi connectivity index (χ3n) is 2.51. The summed E-state index contributed by atoms with van der Waals surface area (Å²) in [6.45, 7) is 9.54. The Hall–Kier alpha value is -1.06. The summed E-state index contributed by atoms with van der Waals surface area (Å²) in [6, 6.07) is 0. The Morgan fingerprint density at radius 2 is 1.94 bits per heavy atom. The molecule has 0 aliphatic carbocycles. The van der Waals surface area contributed by atoms with Crippen LogP contribution in [0, 0.1) is 11.8 Å². The minimum Gasteiger partial charge on any atom is -0.463 e. The molecule has 0 saturated heterocycles. The average molecular weight is 229 g/mol. The highest BCUT2D eigenvalue weighted by Gasteiger charge is 2.27. The number of hydrogen-bond donors (Lipinski definition) is 0. The molecule has 93 valence electrons. The van der Waals surface area contributed by atoms with Crippen molar-refractivity contribution >= 4 is 12.4 Å². The van der Waals surface area contributed by atoms with Crippen molar-refractivity contribution in [2.75, 3.05) is 6.61 Å². The molecule has 0 aromatic heterocycles. The Morgan fingerprint density at radius 1 is 1.31 bits per heavy atom. The van der Waals surface area contributed by atoms with E-state index in [9.17, 15) is 9.59 Å². The van der Waals surface area contributed by atoms with Gasteiger partial charge < -0.3 is 9.47 Å². The van der Waals surface area contributed by atoms with E-state index in [0.29, 0.717) is 12.5 Å². The fraction of sp³-hybridized carbons (Fsp3) is 0.833. The zero-order valence-corrected chi connectivity index (χ0v) is 10.5. The first-order valence-corrected chi connectivity index (χ1v) is 5.72. The molecule has 0 amide bonds. The van der Waals surface area contributed by atoms with Gasteiger partial charge in [0.1, 0.15) is 0 Å². The van der Waals surface area contributed by atoms with Crippen molar-refractivity contribution in [1.29, 1.82) is 0 Å². The summed E-state index contributed by atoms with van der Waals surface area (Å²) in [7, 11) is 0. The third-order valence-corrected chi connectivity index (χ3v) is 2.51. The van der Waals surface area contributed by atoms with Gasteiger partial charge in [-0.1, -0.05) is 27.7 Å². The molecule has 0 rings (SSSR count). The number of carbonyl (C=O) groups excluding carboxylic acids is 2. The van der Waals surface area contributed by atoms with E-state index in [0.717, 1.165) is 12.8 Å². The number of carbonyl (C=O) groups is 1. The summed E-state index contributed by atoms with van der Waals surface area (Å²) >= 11 is 0. The summed E-state index contributed by atoms with van der Waals surface area (Å²) in [5, 5.41) is 0. The summed E-state index contributed by atoms with van der Waals surface area (Å²) in [5.74, 6) is -0.0419. The maximum absolute atomic E-state index is 11.6. The predicted molar refractivity (Wildman–Crippen MR) is 60.4 cm³/mol. The van der Waals surface area contributed by atoms with Crippen LogP contribution in [0.4, 0.5) is 0 Å². The molecular weight excluding hydrogens is 208 g/mol. The number of esters is 1. The van der Waals surface area contributed by atoms with Crippen molar-refractivity contribution < 1.29 is 19.1 Å². The molecule has 1 radical (unpaired) electrons. The van der Waals surface area contributed by atoms with Gasteiger partial charge in [0, 0.05) is 5.92 Å². The van der Waals surface area contributed by atoms with Crippen molar-refractivity contribution in [2.24, 2.45) is 11.8 Å². The molecule has 2 unspecified atom stereocenters. The normalized spacial score (nSPS) is 14.3. The molecule has 0 bridgehead atoms. The van der Waals surface area contributed by atoms with Crippen LogP contribution < -0.4 is 0 Å².